The maximum Gasteiger partial charge on any atom is 0.327 e. The van der Waals surface area contributed by atoms with Crippen molar-refractivity contribution in [2.75, 3.05) is 26.2 Å². The lowest BCUT2D eigenvalue weighted by molar-refractivity contribution is -0.153. The third kappa shape index (κ3) is 4.29. The van der Waals surface area contributed by atoms with Gasteiger partial charge < -0.3 is 14.7 Å². The maximum absolute atomic E-state index is 11.8. The minimum Gasteiger partial charge on any atom is -0.480 e. The molecule has 0 saturated carbocycles. The Bertz CT molecular complexity index is 534. The molecule has 0 aromatic heterocycles. The van der Waals surface area contributed by atoms with Crippen LogP contribution in [0.2, 0.25) is 0 Å². The van der Waals surface area contributed by atoms with E-state index in [0.29, 0.717) is 13.0 Å². The van der Waals surface area contributed by atoms with Gasteiger partial charge in [0, 0.05) is 19.6 Å². The quantitative estimate of drug-likeness (QED) is 0.586. The summed E-state index contributed by atoms with van der Waals surface area (Å²) in [7, 11) is 0. The second kappa shape index (κ2) is 7.56. The molecule has 1 fully saturated rings. The molecule has 1 unspecified atom stereocenters. The average molecular weight is 306 g/mol. The standard InChI is InChI=1S/C15H18N2O5/c18-11-17-7-6-16(8-13(17)15(20)21)9-14(19)22-10-12-4-2-1-3-5-12/h1-5,11,13H,6-10H2,(H,20,21). The Labute approximate surface area is 128 Å². The molecular formula is C15H18N2O5. The number of amides is 1. The molecule has 0 radical (unpaired) electrons. The van der Waals surface area contributed by atoms with Gasteiger partial charge in [0.25, 0.3) is 0 Å². The number of aliphatic carboxylic acids is 1. The minimum atomic E-state index is -1.07. The summed E-state index contributed by atoms with van der Waals surface area (Å²) in [6.45, 7) is 1.06. The maximum atomic E-state index is 11.8. The van der Waals surface area contributed by atoms with Crippen molar-refractivity contribution in [3.63, 3.8) is 0 Å². The van der Waals surface area contributed by atoms with E-state index in [0.717, 1.165) is 5.56 Å². The van der Waals surface area contributed by atoms with Crippen molar-refractivity contribution in [2.24, 2.45) is 0 Å². The molecule has 1 atom stereocenters. The topological polar surface area (TPSA) is 87.2 Å². The van der Waals surface area contributed by atoms with E-state index in [4.69, 9.17) is 9.84 Å². The van der Waals surface area contributed by atoms with Crippen LogP contribution in [0.1, 0.15) is 5.56 Å². The highest BCUT2D eigenvalue weighted by molar-refractivity contribution is 5.77. The van der Waals surface area contributed by atoms with E-state index in [-0.39, 0.29) is 26.2 Å². The largest absolute Gasteiger partial charge is 0.480 e. The van der Waals surface area contributed by atoms with Crippen LogP contribution in [-0.2, 0) is 25.7 Å². The number of carboxylic acid groups (broad SMARTS) is 1. The van der Waals surface area contributed by atoms with Crippen LogP contribution in [0.4, 0.5) is 0 Å². The van der Waals surface area contributed by atoms with Crippen molar-refractivity contribution in [3.8, 4) is 0 Å². The molecule has 2 rings (SSSR count). The number of hydrogen-bond acceptors (Lipinski definition) is 5. The number of piperazine rings is 1. The number of rotatable bonds is 6. The van der Waals surface area contributed by atoms with Gasteiger partial charge in [0.1, 0.15) is 12.6 Å². The summed E-state index contributed by atoms with van der Waals surface area (Å²) in [5.74, 6) is -1.48. The second-order valence-corrected chi connectivity index (χ2v) is 5.08. The molecular weight excluding hydrogens is 288 g/mol. The van der Waals surface area contributed by atoms with E-state index in [9.17, 15) is 14.4 Å². The van der Waals surface area contributed by atoms with Gasteiger partial charge in [0.05, 0.1) is 6.54 Å². The molecule has 1 amide bonds. The average Bonchev–Trinajstić information content (AvgIpc) is 2.54. The zero-order valence-electron chi connectivity index (χ0n) is 12.1. The fourth-order valence-electron chi connectivity index (χ4n) is 2.31. The monoisotopic (exact) mass is 306 g/mol. The molecule has 7 heteroatoms. The van der Waals surface area contributed by atoms with Crippen LogP contribution in [-0.4, -0.2) is 65.5 Å². The minimum absolute atomic E-state index is 0.0172. The Kier molecular flexibility index (Phi) is 5.48. The summed E-state index contributed by atoms with van der Waals surface area (Å²) in [4.78, 5) is 36.7. The molecule has 1 heterocycles. The molecule has 7 nitrogen and oxygen atoms in total. The lowest BCUT2D eigenvalue weighted by atomic mass is 10.2. The van der Waals surface area contributed by atoms with Crippen LogP contribution in [0.3, 0.4) is 0 Å². The van der Waals surface area contributed by atoms with Gasteiger partial charge in [0.15, 0.2) is 0 Å². The first-order valence-corrected chi connectivity index (χ1v) is 6.96. The van der Waals surface area contributed by atoms with E-state index in [1.54, 1.807) is 4.90 Å². The molecule has 1 aromatic carbocycles. The lowest BCUT2D eigenvalue weighted by Crippen LogP contribution is -2.56. The molecule has 22 heavy (non-hydrogen) atoms. The third-order valence-corrected chi connectivity index (χ3v) is 3.52. The van der Waals surface area contributed by atoms with Gasteiger partial charge >= 0.3 is 11.9 Å². The number of carbonyl (C=O) groups excluding carboxylic acids is 2. The van der Waals surface area contributed by atoms with E-state index in [2.05, 4.69) is 0 Å². The number of nitrogens with zero attached hydrogens (tertiary/aromatic N) is 2. The van der Waals surface area contributed by atoms with Crippen molar-refractivity contribution in [1.82, 2.24) is 9.80 Å². The summed E-state index contributed by atoms with van der Waals surface area (Å²) < 4.78 is 5.17. The first-order chi connectivity index (χ1) is 10.6. The highest BCUT2D eigenvalue weighted by Crippen LogP contribution is 2.09. The first kappa shape index (κ1) is 16.0. The summed E-state index contributed by atoms with van der Waals surface area (Å²) in [5.41, 5.74) is 0.894. The van der Waals surface area contributed by atoms with E-state index >= 15 is 0 Å². The highest BCUT2D eigenvalue weighted by Gasteiger charge is 2.32. The van der Waals surface area contributed by atoms with Crippen LogP contribution < -0.4 is 0 Å². The van der Waals surface area contributed by atoms with E-state index < -0.39 is 18.0 Å². The molecule has 0 aliphatic carbocycles. The zero-order valence-corrected chi connectivity index (χ0v) is 12.1. The molecule has 1 N–H and O–H groups in total. The SMILES string of the molecule is O=CN1CCN(CC(=O)OCc2ccccc2)CC1C(=O)O. The van der Waals surface area contributed by atoms with Gasteiger partial charge in [-0.1, -0.05) is 30.3 Å². The van der Waals surface area contributed by atoms with Crippen LogP contribution in [0.25, 0.3) is 0 Å². The fraction of sp³-hybridized carbons (Fsp3) is 0.400. The van der Waals surface area contributed by atoms with Gasteiger partial charge in [-0.25, -0.2) is 4.79 Å². The smallest absolute Gasteiger partial charge is 0.327 e. The van der Waals surface area contributed by atoms with Crippen molar-refractivity contribution < 1.29 is 24.2 Å². The van der Waals surface area contributed by atoms with E-state index in [1.165, 1.54) is 4.90 Å². The van der Waals surface area contributed by atoms with Crippen molar-refractivity contribution in [1.29, 1.82) is 0 Å². The second-order valence-electron chi connectivity index (χ2n) is 5.08. The third-order valence-electron chi connectivity index (χ3n) is 3.52. The van der Waals surface area contributed by atoms with Crippen LogP contribution in [0.15, 0.2) is 30.3 Å². The Morgan fingerprint density at radius 1 is 1.27 bits per heavy atom. The zero-order chi connectivity index (χ0) is 15.9. The number of carboxylic acids is 1. The number of esters is 1. The Hall–Kier alpha value is -2.41. The van der Waals surface area contributed by atoms with Crippen LogP contribution in [0, 0.1) is 0 Å². The molecule has 1 aromatic rings. The number of carbonyl (C=O) groups is 3. The van der Waals surface area contributed by atoms with Crippen LogP contribution >= 0.6 is 0 Å². The Morgan fingerprint density at radius 3 is 2.64 bits per heavy atom. The molecule has 0 bridgehead atoms. The predicted molar refractivity (Wildman–Crippen MR) is 76.9 cm³/mol. The summed E-state index contributed by atoms with van der Waals surface area (Å²) in [6, 6.07) is 8.39. The Balaban J connectivity index is 1.81. The summed E-state index contributed by atoms with van der Waals surface area (Å²) in [5, 5.41) is 9.10. The van der Waals surface area contributed by atoms with Crippen molar-refractivity contribution in [2.45, 2.75) is 12.6 Å². The number of benzene rings is 1. The Morgan fingerprint density at radius 2 is 2.00 bits per heavy atom. The van der Waals surface area contributed by atoms with Crippen LogP contribution in [0.5, 0.6) is 0 Å². The van der Waals surface area contributed by atoms with Crippen molar-refractivity contribution in [3.05, 3.63) is 35.9 Å². The van der Waals surface area contributed by atoms with Gasteiger partial charge in [0.2, 0.25) is 6.41 Å². The molecule has 118 valence electrons. The molecule has 1 aliphatic heterocycles. The number of ether oxygens (including phenoxy) is 1. The van der Waals surface area contributed by atoms with Gasteiger partial charge in [-0.15, -0.1) is 0 Å². The first-order valence-electron chi connectivity index (χ1n) is 6.96. The normalized spacial score (nSPS) is 18.7. The fourth-order valence-corrected chi connectivity index (χ4v) is 2.31. The molecule has 1 saturated heterocycles. The van der Waals surface area contributed by atoms with Gasteiger partial charge in [-0.3, -0.25) is 14.5 Å². The molecule has 1 aliphatic rings. The molecule has 0 spiro atoms. The number of hydrogen-bond donors (Lipinski definition) is 1. The lowest BCUT2D eigenvalue weighted by Gasteiger charge is -2.36. The van der Waals surface area contributed by atoms with Crippen molar-refractivity contribution >= 4 is 18.3 Å². The van der Waals surface area contributed by atoms with Gasteiger partial charge in [-0.2, -0.15) is 0 Å². The summed E-state index contributed by atoms with van der Waals surface area (Å²) in [6.07, 6.45) is 0.532. The highest BCUT2D eigenvalue weighted by atomic mass is 16.5. The van der Waals surface area contributed by atoms with Gasteiger partial charge in [-0.05, 0) is 5.56 Å². The predicted octanol–water partition coefficient (Wildman–Crippen LogP) is -0.0430. The van der Waals surface area contributed by atoms with E-state index in [1.807, 2.05) is 30.3 Å². The summed E-state index contributed by atoms with van der Waals surface area (Å²) >= 11 is 0.